The van der Waals surface area contributed by atoms with Gasteiger partial charge in [0.15, 0.2) is 12.6 Å². The molecule has 2 aliphatic rings. The summed E-state index contributed by atoms with van der Waals surface area (Å²) in [6.45, 7) is -0.899. The molecule has 9 atom stereocenters. The second kappa shape index (κ2) is 6.79. The number of ether oxygens (including phenoxy) is 3. The normalized spacial score (nSPS) is 51.9. The minimum absolute atomic E-state index is 0.283. The van der Waals surface area contributed by atoms with Gasteiger partial charge in [0.25, 0.3) is 0 Å². The van der Waals surface area contributed by atoms with E-state index < -0.39 is 61.9 Å². The molecule has 2 aliphatic heterocycles. The van der Waals surface area contributed by atoms with Crippen molar-refractivity contribution >= 4 is 0 Å². The van der Waals surface area contributed by atoms with Gasteiger partial charge in [-0.25, -0.2) is 0 Å². The van der Waals surface area contributed by atoms with Gasteiger partial charge < -0.3 is 50.0 Å². The summed E-state index contributed by atoms with van der Waals surface area (Å²) in [7, 11) is 0. The van der Waals surface area contributed by atoms with E-state index >= 15 is 0 Å². The summed E-state index contributed by atoms with van der Waals surface area (Å²) in [5.74, 6) is 0. The molecule has 0 bridgehead atoms. The van der Waals surface area contributed by atoms with Gasteiger partial charge >= 0.3 is 0 Å². The molecule has 0 amide bonds. The molecular weight excluding hydrogens is 292 g/mol. The van der Waals surface area contributed by atoms with Crippen LogP contribution in [0.25, 0.3) is 0 Å². The smallest absolute Gasteiger partial charge is 0.187 e. The highest BCUT2D eigenvalue weighted by molar-refractivity contribution is 4.91. The van der Waals surface area contributed by atoms with Crippen molar-refractivity contribution in [1.82, 2.24) is 0 Å². The van der Waals surface area contributed by atoms with Crippen LogP contribution < -0.4 is 0 Å². The predicted molar refractivity (Wildman–Crippen MR) is 62.6 cm³/mol. The van der Waals surface area contributed by atoms with Crippen LogP contribution in [-0.4, -0.2) is 104 Å². The maximum absolute atomic E-state index is 9.78. The van der Waals surface area contributed by atoms with Crippen molar-refractivity contribution in [2.75, 3.05) is 13.2 Å². The lowest BCUT2D eigenvalue weighted by atomic mass is 9.99. The zero-order valence-corrected chi connectivity index (χ0v) is 11.0. The van der Waals surface area contributed by atoms with E-state index in [-0.39, 0.29) is 6.61 Å². The lowest BCUT2D eigenvalue weighted by Crippen LogP contribution is -2.62. The maximum atomic E-state index is 9.78. The highest BCUT2D eigenvalue weighted by atomic mass is 16.7. The first-order valence-corrected chi connectivity index (χ1v) is 6.48. The Morgan fingerprint density at radius 1 is 0.857 bits per heavy atom. The van der Waals surface area contributed by atoms with Crippen molar-refractivity contribution in [3.63, 3.8) is 0 Å². The third kappa shape index (κ3) is 3.35. The van der Waals surface area contributed by atoms with E-state index in [9.17, 15) is 30.6 Å². The van der Waals surface area contributed by atoms with Crippen LogP contribution in [-0.2, 0) is 14.2 Å². The van der Waals surface area contributed by atoms with Crippen LogP contribution in [0, 0.1) is 0 Å². The third-order valence-corrected chi connectivity index (χ3v) is 3.61. The van der Waals surface area contributed by atoms with Crippen LogP contribution >= 0.6 is 0 Å². The van der Waals surface area contributed by atoms with Crippen molar-refractivity contribution in [3.8, 4) is 0 Å². The van der Waals surface area contributed by atoms with E-state index in [1.165, 1.54) is 0 Å². The molecule has 7 N–H and O–H groups in total. The highest BCUT2D eigenvalue weighted by Gasteiger charge is 2.47. The summed E-state index contributed by atoms with van der Waals surface area (Å²) in [6, 6.07) is 0. The molecule has 2 heterocycles. The molecule has 10 nitrogen and oxygen atoms in total. The first-order valence-electron chi connectivity index (χ1n) is 6.48. The highest BCUT2D eigenvalue weighted by Crippen LogP contribution is 2.25. The fourth-order valence-electron chi connectivity index (χ4n) is 2.25. The van der Waals surface area contributed by atoms with Gasteiger partial charge in [0.1, 0.15) is 42.7 Å². The van der Waals surface area contributed by atoms with Crippen LogP contribution in [0.1, 0.15) is 0 Å². The van der Waals surface area contributed by atoms with Crippen LogP contribution in [0.5, 0.6) is 0 Å². The second-order valence-electron chi connectivity index (χ2n) is 5.08. The quantitative estimate of drug-likeness (QED) is 0.268. The molecule has 0 unspecified atom stereocenters. The molecule has 0 aromatic heterocycles. The van der Waals surface area contributed by atoms with Gasteiger partial charge in [-0.3, -0.25) is 0 Å². The zero-order valence-electron chi connectivity index (χ0n) is 11.0. The summed E-state index contributed by atoms with van der Waals surface area (Å²) in [5.41, 5.74) is 0. The van der Waals surface area contributed by atoms with Crippen LogP contribution in [0.3, 0.4) is 0 Å². The first-order chi connectivity index (χ1) is 9.86. The average molecular weight is 312 g/mol. The summed E-state index contributed by atoms with van der Waals surface area (Å²) in [6.07, 6.45) is -13.2. The van der Waals surface area contributed by atoms with Gasteiger partial charge in [-0.1, -0.05) is 0 Å². The molecule has 124 valence electrons. The number of aliphatic hydroxyl groups excluding tert-OH is 7. The average Bonchev–Trinajstić information content (AvgIpc) is 2.48. The molecule has 2 saturated heterocycles. The first kappa shape index (κ1) is 17.0. The Morgan fingerprint density at radius 3 is 2.14 bits per heavy atom. The van der Waals surface area contributed by atoms with E-state index in [0.29, 0.717) is 0 Å². The van der Waals surface area contributed by atoms with Gasteiger partial charge in [0.05, 0.1) is 13.2 Å². The Kier molecular flexibility index (Phi) is 5.48. The number of hydrogen-bond donors (Lipinski definition) is 7. The minimum Gasteiger partial charge on any atom is -0.394 e. The Hall–Kier alpha value is -0.400. The SMILES string of the molecule is OC[C@H]1O[C@H](O[C@@H]2CO[C@@H](O)[C@H](O)[C@H]2O)[C@H](O)[C@@H](O)[C@@H]1O. The third-order valence-electron chi connectivity index (χ3n) is 3.61. The molecule has 2 rings (SSSR count). The monoisotopic (exact) mass is 312 g/mol. The van der Waals surface area contributed by atoms with E-state index in [1.54, 1.807) is 0 Å². The fourth-order valence-corrected chi connectivity index (χ4v) is 2.25. The lowest BCUT2D eigenvalue weighted by Gasteiger charge is -2.43. The summed E-state index contributed by atoms with van der Waals surface area (Å²) < 4.78 is 15.1. The van der Waals surface area contributed by atoms with Gasteiger partial charge in [-0.05, 0) is 0 Å². The molecule has 0 aromatic rings. The minimum atomic E-state index is -1.63. The molecule has 2 fully saturated rings. The Labute approximate surface area is 119 Å². The maximum Gasteiger partial charge on any atom is 0.187 e. The summed E-state index contributed by atoms with van der Waals surface area (Å²) in [5, 5.41) is 66.5. The van der Waals surface area contributed by atoms with Crippen molar-refractivity contribution < 1.29 is 50.0 Å². The van der Waals surface area contributed by atoms with E-state index in [2.05, 4.69) is 0 Å². The Balaban J connectivity index is 2.01. The zero-order chi connectivity index (χ0) is 15.7. The standard InChI is InChI=1S/C11H20O10/c12-1-3-5(13)7(15)9(17)11(20-3)21-4-2-19-10(18)8(16)6(4)14/h3-18H,1-2H2/t3-,4-,5-,6+,7+,8-,9-,10-,11-/m1/s1. The molecular formula is C11H20O10. The van der Waals surface area contributed by atoms with Crippen molar-refractivity contribution in [1.29, 1.82) is 0 Å². The molecule has 10 heteroatoms. The fraction of sp³-hybridized carbons (Fsp3) is 1.00. The van der Waals surface area contributed by atoms with Gasteiger partial charge in [-0.15, -0.1) is 0 Å². The van der Waals surface area contributed by atoms with Crippen molar-refractivity contribution in [2.24, 2.45) is 0 Å². The largest absolute Gasteiger partial charge is 0.394 e. The van der Waals surface area contributed by atoms with Crippen molar-refractivity contribution in [2.45, 2.75) is 55.3 Å². The summed E-state index contributed by atoms with van der Waals surface area (Å²) >= 11 is 0. The molecule has 21 heavy (non-hydrogen) atoms. The summed E-state index contributed by atoms with van der Waals surface area (Å²) in [4.78, 5) is 0. The number of rotatable bonds is 3. The van der Waals surface area contributed by atoms with E-state index in [4.69, 9.17) is 19.3 Å². The van der Waals surface area contributed by atoms with E-state index in [1.807, 2.05) is 0 Å². The Morgan fingerprint density at radius 2 is 1.52 bits per heavy atom. The van der Waals surface area contributed by atoms with Gasteiger partial charge in [0.2, 0.25) is 0 Å². The van der Waals surface area contributed by atoms with Gasteiger partial charge in [0, 0.05) is 0 Å². The Bertz CT molecular complexity index is 339. The molecule has 0 saturated carbocycles. The topological polar surface area (TPSA) is 169 Å². The molecule has 0 spiro atoms. The number of hydrogen-bond acceptors (Lipinski definition) is 10. The van der Waals surface area contributed by atoms with E-state index in [0.717, 1.165) is 0 Å². The van der Waals surface area contributed by atoms with Crippen LogP contribution in [0.4, 0.5) is 0 Å². The number of aliphatic hydroxyl groups is 7. The molecule has 0 aliphatic carbocycles. The van der Waals surface area contributed by atoms with Crippen molar-refractivity contribution in [3.05, 3.63) is 0 Å². The van der Waals surface area contributed by atoms with Crippen LogP contribution in [0.2, 0.25) is 0 Å². The second-order valence-corrected chi connectivity index (χ2v) is 5.08. The lowest BCUT2D eigenvalue weighted by molar-refractivity contribution is -0.340. The molecule has 0 radical (unpaired) electrons. The predicted octanol–water partition coefficient (Wildman–Crippen LogP) is -4.76. The molecule has 0 aromatic carbocycles. The van der Waals surface area contributed by atoms with Crippen LogP contribution in [0.15, 0.2) is 0 Å². The van der Waals surface area contributed by atoms with Gasteiger partial charge in [-0.2, -0.15) is 0 Å².